The Hall–Kier alpha value is -2.50. The van der Waals surface area contributed by atoms with Crippen molar-refractivity contribution in [3.8, 4) is 0 Å². The summed E-state index contributed by atoms with van der Waals surface area (Å²) in [5.74, 6) is -2.09. The predicted octanol–water partition coefficient (Wildman–Crippen LogP) is 1.34. The Labute approximate surface area is 222 Å². The van der Waals surface area contributed by atoms with Gasteiger partial charge >= 0.3 is 5.97 Å². The fourth-order valence-corrected chi connectivity index (χ4v) is 4.16. The molecule has 5 atom stereocenters. The molecule has 4 N–H and O–H groups in total. The highest BCUT2D eigenvalue weighted by molar-refractivity contribution is 7.80. The molecule has 0 spiro atoms. The minimum Gasteiger partial charge on any atom is -0.457 e. The number of aliphatic hydroxyl groups is 1. The van der Waals surface area contributed by atoms with Gasteiger partial charge in [-0.2, -0.15) is 25.3 Å². The molecule has 1 fully saturated rings. The van der Waals surface area contributed by atoms with Gasteiger partial charge in [-0.1, -0.05) is 50.3 Å². The van der Waals surface area contributed by atoms with Gasteiger partial charge in [0, 0.05) is 5.75 Å². The summed E-state index contributed by atoms with van der Waals surface area (Å²) in [5.41, 5.74) is 0.514. The lowest BCUT2D eigenvalue weighted by Gasteiger charge is -2.29. The molecule has 1 saturated heterocycles. The number of nitrogens with one attached hydrogen (secondary N) is 3. The van der Waals surface area contributed by atoms with Crippen LogP contribution in [0.15, 0.2) is 42.5 Å². The number of rotatable bonds is 6. The van der Waals surface area contributed by atoms with Gasteiger partial charge in [-0.05, 0) is 29.7 Å². The average molecular weight is 538 g/mol. The van der Waals surface area contributed by atoms with E-state index >= 15 is 0 Å². The number of carbonyl (C=O) groups is 4. The van der Waals surface area contributed by atoms with E-state index in [9.17, 15) is 24.3 Å². The van der Waals surface area contributed by atoms with Gasteiger partial charge in [-0.3, -0.25) is 19.2 Å². The van der Waals surface area contributed by atoms with Crippen LogP contribution in [0.25, 0.3) is 0 Å². The molecule has 0 unspecified atom stereocenters. The molecule has 1 heterocycles. The van der Waals surface area contributed by atoms with E-state index < -0.39 is 54.0 Å². The number of esters is 1. The van der Waals surface area contributed by atoms with Gasteiger partial charge in [-0.25, -0.2) is 0 Å². The Morgan fingerprint density at radius 1 is 1.03 bits per heavy atom. The van der Waals surface area contributed by atoms with E-state index in [4.69, 9.17) is 4.74 Å². The highest BCUT2D eigenvalue weighted by Gasteiger charge is 2.33. The number of allylic oxidation sites excluding steroid dienone is 1. The summed E-state index contributed by atoms with van der Waals surface area (Å²) in [5, 5.41) is 18.8. The Bertz CT molecular complexity index is 928. The lowest BCUT2D eigenvalue weighted by molar-refractivity contribution is -0.151. The summed E-state index contributed by atoms with van der Waals surface area (Å²) in [4.78, 5) is 51.8. The zero-order chi connectivity index (χ0) is 26.7. The van der Waals surface area contributed by atoms with Crippen LogP contribution < -0.4 is 16.0 Å². The SMILES string of the molecule is CC(C)[C@H]1NC(=O)[C@@H](CS)NC(=O)[C@@H](c2ccccc2)NC(=O)C[C@@H](C=CCCS)OC(=O)C[C@@H]1O. The lowest BCUT2D eigenvalue weighted by atomic mass is 9.96. The van der Waals surface area contributed by atoms with Gasteiger partial charge in [0.1, 0.15) is 18.2 Å². The van der Waals surface area contributed by atoms with Crippen molar-refractivity contribution in [2.75, 3.05) is 11.5 Å². The molecule has 11 heteroatoms. The topological polar surface area (TPSA) is 134 Å². The average Bonchev–Trinajstić information content (AvgIpc) is 2.83. The van der Waals surface area contributed by atoms with E-state index in [1.165, 1.54) is 0 Å². The summed E-state index contributed by atoms with van der Waals surface area (Å²) in [6.45, 7) is 3.58. The molecule has 36 heavy (non-hydrogen) atoms. The maximum atomic E-state index is 13.2. The molecular formula is C25H35N3O6S2. The number of thiol groups is 2. The van der Waals surface area contributed by atoms with Crippen LogP contribution in [0.2, 0.25) is 0 Å². The first-order chi connectivity index (χ1) is 17.2. The number of aliphatic hydroxyl groups excluding tert-OH is 1. The molecule has 0 radical (unpaired) electrons. The molecule has 1 aliphatic rings. The van der Waals surface area contributed by atoms with Crippen LogP contribution >= 0.6 is 25.3 Å². The van der Waals surface area contributed by atoms with Gasteiger partial charge in [0.25, 0.3) is 0 Å². The Morgan fingerprint density at radius 2 is 1.72 bits per heavy atom. The van der Waals surface area contributed by atoms with E-state index in [-0.39, 0.29) is 24.5 Å². The summed E-state index contributed by atoms with van der Waals surface area (Å²) in [6, 6.07) is 5.69. The molecule has 9 nitrogen and oxygen atoms in total. The summed E-state index contributed by atoms with van der Waals surface area (Å²) in [6.07, 6.45) is 1.17. The highest BCUT2D eigenvalue weighted by atomic mass is 32.1. The monoisotopic (exact) mass is 537 g/mol. The van der Waals surface area contributed by atoms with Crippen molar-refractivity contribution >= 4 is 48.9 Å². The van der Waals surface area contributed by atoms with Crippen molar-refractivity contribution in [1.82, 2.24) is 16.0 Å². The van der Waals surface area contributed by atoms with Crippen molar-refractivity contribution in [3.63, 3.8) is 0 Å². The van der Waals surface area contributed by atoms with Crippen LogP contribution in [-0.2, 0) is 23.9 Å². The Morgan fingerprint density at radius 3 is 2.33 bits per heavy atom. The lowest BCUT2D eigenvalue weighted by Crippen LogP contribution is -2.56. The van der Waals surface area contributed by atoms with E-state index in [0.29, 0.717) is 17.7 Å². The van der Waals surface area contributed by atoms with Crippen molar-refractivity contribution in [1.29, 1.82) is 0 Å². The first-order valence-corrected chi connectivity index (χ1v) is 13.1. The molecule has 3 amide bonds. The van der Waals surface area contributed by atoms with E-state index in [1.807, 2.05) is 0 Å². The van der Waals surface area contributed by atoms with Gasteiger partial charge in [0.05, 0.1) is 25.0 Å². The van der Waals surface area contributed by atoms with Gasteiger partial charge in [0.2, 0.25) is 17.7 Å². The van der Waals surface area contributed by atoms with Crippen LogP contribution in [0.5, 0.6) is 0 Å². The molecule has 1 aromatic rings. The van der Waals surface area contributed by atoms with Gasteiger partial charge in [-0.15, -0.1) is 0 Å². The molecule has 2 rings (SSSR count). The molecule has 1 aromatic carbocycles. The number of hydrogen-bond acceptors (Lipinski definition) is 8. The van der Waals surface area contributed by atoms with E-state index in [0.717, 1.165) is 0 Å². The molecule has 1 aliphatic heterocycles. The largest absolute Gasteiger partial charge is 0.457 e. The summed E-state index contributed by atoms with van der Waals surface area (Å²) in [7, 11) is 0. The minimum atomic E-state index is -1.24. The normalized spacial score (nSPS) is 27.0. The first kappa shape index (κ1) is 29.7. The zero-order valence-electron chi connectivity index (χ0n) is 20.4. The number of amides is 3. The quantitative estimate of drug-likeness (QED) is 0.184. The fraction of sp³-hybridized carbons (Fsp3) is 0.520. The third-order valence-corrected chi connectivity index (χ3v) is 6.27. The van der Waals surface area contributed by atoms with E-state index in [1.54, 1.807) is 56.3 Å². The van der Waals surface area contributed by atoms with Crippen molar-refractivity contribution in [3.05, 3.63) is 48.0 Å². The van der Waals surface area contributed by atoms with Crippen LogP contribution in [0.1, 0.15) is 44.7 Å². The van der Waals surface area contributed by atoms with Crippen LogP contribution in [0.4, 0.5) is 0 Å². The number of hydrogen-bond donors (Lipinski definition) is 6. The molecule has 0 bridgehead atoms. The maximum Gasteiger partial charge on any atom is 0.309 e. The second kappa shape index (κ2) is 14.9. The molecule has 0 aliphatic carbocycles. The standard InChI is InChI=1S/C25H35N3O6S2/c1-15(2)22-19(29)13-21(31)34-17(10-6-7-11-35)12-20(30)27-23(16-8-4-3-5-9-16)25(33)26-18(14-36)24(32)28-22/h3-6,8-10,15,17-19,22-23,29,35-36H,7,11-14H2,1-2H3,(H,26,33)(H,27,30)(H,28,32)/t17-,18-,19+,22-,23-/m1/s1. The predicted molar refractivity (Wildman–Crippen MR) is 143 cm³/mol. The van der Waals surface area contributed by atoms with Crippen molar-refractivity contribution < 1.29 is 29.0 Å². The number of benzene rings is 1. The Kier molecular flexibility index (Phi) is 12.3. The molecular weight excluding hydrogens is 502 g/mol. The Balaban J connectivity index is 2.43. The second-order valence-corrected chi connectivity index (χ2v) is 9.69. The third-order valence-electron chi connectivity index (χ3n) is 5.65. The van der Waals surface area contributed by atoms with Crippen molar-refractivity contribution in [2.24, 2.45) is 5.92 Å². The van der Waals surface area contributed by atoms with Gasteiger partial charge in [0.15, 0.2) is 0 Å². The number of cyclic esters (lactones) is 1. The highest BCUT2D eigenvalue weighted by Crippen LogP contribution is 2.17. The third kappa shape index (κ3) is 9.18. The first-order valence-electron chi connectivity index (χ1n) is 11.9. The zero-order valence-corrected chi connectivity index (χ0v) is 22.2. The smallest absolute Gasteiger partial charge is 0.309 e. The van der Waals surface area contributed by atoms with Crippen LogP contribution in [-0.4, -0.2) is 64.6 Å². The minimum absolute atomic E-state index is 0.0198. The summed E-state index contributed by atoms with van der Waals surface area (Å²) < 4.78 is 5.48. The van der Waals surface area contributed by atoms with Crippen molar-refractivity contribution in [2.45, 2.75) is 63.4 Å². The van der Waals surface area contributed by atoms with Gasteiger partial charge < -0.3 is 25.8 Å². The van der Waals surface area contributed by atoms with Crippen LogP contribution in [0, 0.1) is 5.92 Å². The summed E-state index contributed by atoms with van der Waals surface area (Å²) >= 11 is 8.36. The number of ether oxygens (including phenoxy) is 1. The molecule has 198 valence electrons. The van der Waals surface area contributed by atoms with Crippen LogP contribution in [0.3, 0.4) is 0 Å². The molecule has 0 saturated carbocycles. The fourth-order valence-electron chi connectivity index (χ4n) is 3.76. The molecule has 0 aromatic heterocycles. The second-order valence-electron chi connectivity index (χ2n) is 8.88. The van der Waals surface area contributed by atoms with E-state index in [2.05, 4.69) is 41.2 Å². The maximum absolute atomic E-state index is 13.2. The number of carbonyl (C=O) groups excluding carboxylic acids is 4.